The van der Waals surface area contributed by atoms with E-state index in [4.69, 9.17) is 9.47 Å². The van der Waals surface area contributed by atoms with Crippen molar-refractivity contribution in [2.24, 2.45) is 0 Å². The number of halogens is 3. The standard InChI is InChI=1S/C39H31F3O4/c1-26(2)37(43)45-34-21-15-30(16-22-34)10-7-28-5-8-29(9-6-28)13-19-33-20-14-32(25-36(33)39(40,41)42)12-11-31-17-23-35(24-18-31)46-38(44)27(3)4/h5-25H,1,3H2,2,4H3/b10-7+,12-11+,19-13+. The van der Waals surface area contributed by atoms with Gasteiger partial charge in [-0.15, -0.1) is 0 Å². The lowest BCUT2D eigenvalue weighted by atomic mass is 10.0. The average molecular weight is 621 g/mol. The molecule has 0 aliphatic heterocycles. The number of ether oxygens (including phenoxy) is 2. The molecule has 232 valence electrons. The molecule has 0 aliphatic rings. The smallest absolute Gasteiger partial charge is 0.417 e. The zero-order chi connectivity index (χ0) is 33.3. The van der Waals surface area contributed by atoms with Gasteiger partial charge in [0.05, 0.1) is 5.56 Å². The van der Waals surface area contributed by atoms with Crippen LogP contribution in [0.3, 0.4) is 0 Å². The van der Waals surface area contributed by atoms with Crippen LogP contribution in [0.5, 0.6) is 11.5 Å². The molecule has 0 heterocycles. The molecule has 0 unspecified atom stereocenters. The zero-order valence-electron chi connectivity index (χ0n) is 25.3. The maximum Gasteiger partial charge on any atom is 0.417 e. The molecule has 4 aromatic carbocycles. The minimum Gasteiger partial charge on any atom is -0.423 e. The highest BCUT2D eigenvalue weighted by Gasteiger charge is 2.32. The monoisotopic (exact) mass is 620 g/mol. The van der Waals surface area contributed by atoms with E-state index in [1.54, 1.807) is 74.5 Å². The molecule has 0 fully saturated rings. The molecule has 0 saturated carbocycles. The van der Waals surface area contributed by atoms with Gasteiger partial charge in [-0.1, -0.05) is 110 Å². The fourth-order valence-electron chi connectivity index (χ4n) is 4.04. The summed E-state index contributed by atoms with van der Waals surface area (Å²) < 4.78 is 52.3. The van der Waals surface area contributed by atoms with Crippen LogP contribution in [0.25, 0.3) is 36.5 Å². The fraction of sp³-hybridized carbons (Fsp3) is 0.0769. The molecule has 4 aromatic rings. The Hall–Kier alpha value is -5.69. The number of esters is 2. The summed E-state index contributed by atoms with van der Waals surface area (Å²) in [6, 6.07) is 25.2. The SMILES string of the molecule is C=C(C)C(=O)Oc1ccc(/C=C/c2ccc(/C=C/c3ccc(/C=C/c4ccc(OC(=O)C(=C)C)cc4)cc3C(F)(F)F)cc2)cc1. The highest BCUT2D eigenvalue weighted by atomic mass is 19.4. The van der Waals surface area contributed by atoms with Gasteiger partial charge in [-0.2, -0.15) is 13.2 Å². The third kappa shape index (κ3) is 9.66. The van der Waals surface area contributed by atoms with Crippen molar-refractivity contribution in [3.05, 3.63) is 154 Å². The Bertz CT molecular complexity index is 1820. The average Bonchev–Trinajstić information content (AvgIpc) is 3.03. The van der Waals surface area contributed by atoms with Crippen molar-refractivity contribution in [2.75, 3.05) is 0 Å². The number of rotatable bonds is 10. The van der Waals surface area contributed by atoms with E-state index in [9.17, 15) is 22.8 Å². The molecule has 0 atom stereocenters. The minimum atomic E-state index is -4.54. The number of carbonyl (C=O) groups is 2. The van der Waals surface area contributed by atoms with E-state index in [0.717, 1.165) is 28.3 Å². The molecule has 0 aromatic heterocycles. The highest BCUT2D eigenvalue weighted by Crippen LogP contribution is 2.34. The Morgan fingerprint density at radius 3 is 1.24 bits per heavy atom. The molecule has 4 rings (SSSR count). The molecular formula is C39H31F3O4. The summed E-state index contributed by atoms with van der Waals surface area (Å²) in [4.78, 5) is 23.3. The van der Waals surface area contributed by atoms with Crippen LogP contribution in [-0.4, -0.2) is 11.9 Å². The molecular weight excluding hydrogens is 589 g/mol. The van der Waals surface area contributed by atoms with Gasteiger partial charge in [0.15, 0.2) is 0 Å². The number of hydrogen-bond acceptors (Lipinski definition) is 4. The summed E-state index contributed by atoms with van der Waals surface area (Å²) in [5, 5.41) is 0. The molecule has 46 heavy (non-hydrogen) atoms. The first-order valence-corrected chi connectivity index (χ1v) is 14.2. The summed E-state index contributed by atoms with van der Waals surface area (Å²) in [7, 11) is 0. The summed E-state index contributed by atoms with van der Waals surface area (Å²) in [5.41, 5.74) is 3.57. The molecule has 4 nitrogen and oxygen atoms in total. The summed E-state index contributed by atoms with van der Waals surface area (Å²) >= 11 is 0. The Morgan fingerprint density at radius 2 is 0.870 bits per heavy atom. The van der Waals surface area contributed by atoms with Gasteiger partial charge in [-0.3, -0.25) is 0 Å². The van der Waals surface area contributed by atoms with Gasteiger partial charge in [-0.25, -0.2) is 9.59 Å². The van der Waals surface area contributed by atoms with E-state index >= 15 is 0 Å². The van der Waals surface area contributed by atoms with Gasteiger partial charge in [-0.05, 0) is 77.6 Å². The van der Waals surface area contributed by atoms with Crippen LogP contribution >= 0.6 is 0 Å². The van der Waals surface area contributed by atoms with Gasteiger partial charge >= 0.3 is 18.1 Å². The molecule has 0 bridgehead atoms. The minimum absolute atomic E-state index is 0.0506. The zero-order valence-corrected chi connectivity index (χ0v) is 25.3. The van der Waals surface area contributed by atoms with Crippen LogP contribution in [0.1, 0.15) is 52.8 Å². The van der Waals surface area contributed by atoms with Gasteiger partial charge in [0, 0.05) is 11.1 Å². The van der Waals surface area contributed by atoms with Crippen molar-refractivity contribution in [3.8, 4) is 11.5 Å². The van der Waals surface area contributed by atoms with E-state index in [0.29, 0.717) is 22.6 Å². The summed E-state index contributed by atoms with van der Waals surface area (Å²) in [6.45, 7) is 10.2. The van der Waals surface area contributed by atoms with Crippen molar-refractivity contribution < 1.29 is 32.2 Å². The molecule has 0 N–H and O–H groups in total. The number of hydrogen-bond donors (Lipinski definition) is 0. The van der Waals surface area contributed by atoms with E-state index in [1.807, 2.05) is 48.6 Å². The predicted octanol–water partition coefficient (Wildman–Crippen LogP) is 10.2. The summed E-state index contributed by atoms with van der Waals surface area (Å²) in [6.07, 6.45) is 5.63. The fourth-order valence-corrected chi connectivity index (χ4v) is 4.04. The quantitative estimate of drug-likeness (QED) is 0.0766. The van der Waals surface area contributed by atoms with E-state index in [-0.39, 0.29) is 11.1 Å². The Labute approximate surface area is 266 Å². The largest absolute Gasteiger partial charge is 0.423 e. The lowest BCUT2D eigenvalue weighted by Crippen LogP contribution is -2.07. The molecule has 7 heteroatoms. The van der Waals surface area contributed by atoms with Crippen molar-refractivity contribution in [1.82, 2.24) is 0 Å². The van der Waals surface area contributed by atoms with Gasteiger partial charge < -0.3 is 9.47 Å². The lowest BCUT2D eigenvalue weighted by Gasteiger charge is -2.11. The number of benzene rings is 4. The van der Waals surface area contributed by atoms with Crippen molar-refractivity contribution in [1.29, 1.82) is 0 Å². The Morgan fingerprint density at radius 1 is 0.543 bits per heavy atom. The first-order valence-electron chi connectivity index (χ1n) is 14.2. The van der Waals surface area contributed by atoms with E-state index < -0.39 is 23.7 Å². The molecule has 0 spiro atoms. The van der Waals surface area contributed by atoms with Gasteiger partial charge in [0.2, 0.25) is 0 Å². The molecule has 0 radical (unpaired) electrons. The Kier molecular flexibility index (Phi) is 10.7. The number of alkyl halides is 3. The first-order chi connectivity index (χ1) is 21.9. The highest BCUT2D eigenvalue weighted by molar-refractivity contribution is 5.89. The first kappa shape index (κ1) is 33.2. The number of carbonyl (C=O) groups excluding carboxylic acids is 2. The van der Waals surface area contributed by atoms with Gasteiger partial charge in [0.1, 0.15) is 11.5 Å². The van der Waals surface area contributed by atoms with E-state index in [2.05, 4.69) is 13.2 Å². The van der Waals surface area contributed by atoms with Crippen LogP contribution in [0.2, 0.25) is 0 Å². The Balaban J connectivity index is 1.41. The predicted molar refractivity (Wildman–Crippen MR) is 178 cm³/mol. The summed E-state index contributed by atoms with van der Waals surface area (Å²) in [5.74, 6) is -0.248. The van der Waals surface area contributed by atoms with Crippen molar-refractivity contribution in [2.45, 2.75) is 20.0 Å². The van der Waals surface area contributed by atoms with Crippen LogP contribution in [-0.2, 0) is 15.8 Å². The van der Waals surface area contributed by atoms with Crippen LogP contribution in [0.4, 0.5) is 13.2 Å². The second kappa shape index (κ2) is 14.9. The molecule has 0 saturated heterocycles. The lowest BCUT2D eigenvalue weighted by molar-refractivity contribution is -0.137. The maximum atomic E-state index is 14.0. The van der Waals surface area contributed by atoms with Crippen LogP contribution in [0.15, 0.2) is 115 Å². The third-order valence-corrected chi connectivity index (χ3v) is 6.59. The third-order valence-electron chi connectivity index (χ3n) is 6.59. The van der Waals surface area contributed by atoms with Crippen molar-refractivity contribution >= 4 is 48.4 Å². The van der Waals surface area contributed by atoms with E-state index in [1.165, 1.54) is 12.1 Å². The second-order valence-corrected chi connectivity index (χ2v) is 10.5. The molecule has 0 amide bonds. The topological polar surface area (TPSA) is 52.6 Å². The maximum absolute atomic E-state index is 14.0. The second-order valence-electron chi connectivity index (χ2n) is 10.5. The van der Waals surface area contributed by atoms with Crippen molar-refractivity contribution in [3.63, 3.8) is 0 Å². The normalized spacial score (nSPS) is 11.7. The molecule has 0 aliphatic carbocycles. The van der Waals surface area contributed by atoms with Gasteiger partial charge in [0.25, 0.3) is 0 Å². The van der Waals surface area contributed by atoms with Crippen LogP contribution in [0, 0.1) is 0 Å². The van der Waals surface area contributed by atoms with Crippen LogP contribution < -0.4 is 9.47 Å².